The molecule has 0 aromatic heterocycles. The molecule has 2 heterocycles. The van der Waals surface area contributed by atoms with Gasteiger partial charge in [0.15, 0.2) is 0 Å². The van der Waals surface area contributed by atoms with Gasteiger partial charge in [-0.2, -0.15) is 0 Å². The summed E-state index contributed by atoms with van der Waals surface area (Å²) < 4.78 is 31.9. The van der Waals surface area contributed by atoms with E-state index in [1.165, 1.54) is 0 Å². The highest BCUT2D eigenvalue weighted by Gasteiger charge is 2.56. The minimum atomic E-state index is -2.58. The van der Waals surface area contributed by atoms with Crippen molar-refractivity contribution in [3.05, 3.63) is 0 Å². The Labute approximate surface area is 70.3 Å². The molecule has 2 nitrogen and oxygen atoms in total. The molecule has 1 atom stereocenters. The molecular formula is C8H13F2NO. The van der Waals surface area contributed by atoms with Gasteiger partial charge in [0.1, 0.15) is 0 Å². The topological polar surface area (TPSA) is 21.3 Å². The molecule has 70 valence electrons. The molecule has 2 saturated heterocycles. The molecule has 0 aromatic rings. The summed E-state index contributed by atoms with van der Waals surface area (Å²) in [5.74, 6) is -2.58. The zero-order valence-corrected chi connectivity index (χ0v) is 6.91. The molecule has 1 spiro atoms. The van der Waals surface area contributed by atoms with E-state index in [4.69, 9.17) is 4.74 Å². The summed E-state index contributed by atoms with van der Waals surface area (Å²) in [7, 11) is 0. The number of rotatable bonds is 0. The summed E-state index contributed by atoms with van der Waals surface area (Å²) in [5, 5.41) is 2.72. The Balaban J connectivity index is 2.19. The molecule has 2 aliphatic heterocycles. The molecule has 0 unspecified atom stereocenters. The maximum atomic E-state index is 13.4. The lowest BCUT2D eigenvalue weighted by molar-refractivity contribution is -0.138. The predicted octanol–water partition coefficient (Wildman–Crippen LogP) is 1.02. The van der Waals surface area contributed by atoms with Crippen molar-refractivity contribution in [2.24, 2.45) is 5.41 Å². The Bertz CT molecular complexity index is 178. The number of alkyl halides is 2. The highest BCUT2D eigenvalue weighted by atomic mass is 19.3. The van der Waals surface area contributed by atoms with Crippen LogP contribution in [0.15, 0.2) is 0 Å². The third-order valence-corrected chi connectivity index (χ3v) is 3.01. The van der Waals surface area contributed by atoms with Gasteiger partial charge in [0.05, 0.1) is 18.6 Å². The third-order valence-electron chi connectivity index (χ3n) is 3.01. The summed E-state index contributed by atoms with van der Waals surface area (Å²) in [6.45, 7) is 1.24. The molecule has 0 amide bonds. The van der Waals surface area contributed by atoms with Crippen molar-refractivity contribution in [2.45, 2.75) is 18.8 Å². The Hall–Kier alpha value is -0.220. The Kier molecular flexibility index (Phi) is 1.84. The summed E-state index contributed by atoms with van der Waals surface area (Å²) in [4.78, 5) is 0. The van der Waals surface area contributed by atoms with Crippen LogP contribution in [0.2, 0.25) is 0 Å². The molecule has 0 radical (unpaired) electrons. The number of halogens is 2. The maximum Gasteiger partial charge on any atom is 0.268 e. The van der Waals surface area contributed by atoms with Crippen LogP contribution in [0.5, 0.6) is 0 Å². The molecule has 12 heavy (non-hydrogen) atoms. The van der Waals surface area contributed by atoms with E-state index in [1.807, 2.05) is 0 Å². The van der Waals surface area contributed by atoms with E-state index >= 15 is 0 Å². The van der Waals surface area contributed by atoms with Gasteiger partial charge in [0.2, 0.25) is 0 Å². The lowest BCUT2D eigenvalue weighted by atomic mass is 9.75. The molecular weight excluding hydrogens is 164 g/mol. The lowest BCUT2D eigenvalue weighted by Crippen LogP contribution is -2.54. The Morgan fingerprint density at radius 2 is 2.08 bits per heavy atom. The first-order valence-corrected chi connectivity index (χ1v) is 4.33. The average Bonchev–Trinajstić information content (AvgIpc) is 2.46. The second-order valence-corrected chi connectivity index (χ2v) is 3.71. The SMILES string of the molecule is FC1(F)CNCC[C@@]12CCOC2. The fourth-order valence-corrected chi connectivity index (χ4v) is 2.04. The van der Waals surface area contributed by atoms with Gasteiger partial charge in [0.25, 0.3) is 5.92 Å². The number of ether oxygens (including phenoxy) is 1. The van der Waals surface area contributed by atoms with Crippen LogP contribution in [-0.2, 0) is 4.74 Å². The summed E-state index contributed by atoms with van der Waals surface area (Å²) in [6, 6.07) is 0. The lowest BCUT2D eigenvalue weighted by Gasteiger charge is -2.40. The first-order chi connectivity index (χ1) is 5.66. The fraction of sp³-hybridized carbons (Fsp3) is 1.00. The van der Waals surface area contributed by atoms with Crippen LogP contribution in [0.4, 0.5) is 8.78 Å². The highest BCUT2D eigenvalue weighted by Crippen LogP contribution is 2.47. The van der Waals surface area contributed by atoms with Crippen molar-refractivity contribution in [1.29, 1.82) is 0 Å². The van der Waals surface area contributed by atoms with Crippen LogP contribution >= 0.6 is 0 Å². The number of hydrogen-bond donors (Lipinski definition) is 1. The van der Waals surface area contributed by atoms with E-state index in [2.05, 4.69) is 5.32 Å². The van der Waals surface area contributed by atoms with Gasteiger partial charge in [-0.3, -0.25) is 0 Å². The minimum Gasteiger partial charge on any atom is -0.381 e. The zero-order valence-electron chi connectivity index (χ0n) is 6.91. The molecule has 0 aliphatic carbocycles. The average molecular weight is 177 g/mol. The minimum absolute atomic E-state index is 0.184. The van der Waals surface area contributed by atoms with E-state index < -0.39 is 11.3 Å². The van der Waals surface area contributed by atoms with Crippen LogP contribution < -0.4 is 5.32 Å². The van der Waals surface area contributed by atoms with Crippen molar-refractivity contribution >= 4 is 0 Å². The molecule has 4 heteroatoms. The number of piperidine rings is 1. The van der Waals surface area contributed by atoms with E-state index in [0.717, 1.165) is 0 Å². The van der Waals surface area contributed by atoms with Gasteiger partial charge in [-0.15, -0.1) is 0 Å². The van der Waals surface area contributed by atoms with E-state index in [-0.39, 0.29) is 13.2 Å². The van der Waals surface area contributed by atoms with Crippen molar-refractivity contribution in [3.8, 4) is 0 Å². The normalized spacial score (nSPS) is 40.5. The largest absolute Gasteiger partial charge is 0.381 e. The monoisotopic (exact) mass is 177 g/mol. The van der Waals surface area contributed by atoms with Crippen LogP contribution in [0.3, 0.4) is 0 Å². The molecule has 2 aliphatic rings. The first kappa shape index (κ1) is 8.38. The van der Waals surface area contributed by atoms with Gasteiger partial charge >= 0.3 is 0 Å². The molecule has 2 fully saturated rings. The number of hydrogen-bond acceptors (Lipinski definition) is 2. The third kappa shape index (κ3) is 1.05. The summed E-state index contributed by atoms with van der Waals surface area (Å²) >= 11 is 0. The van der Waals surface area contributed by atoms with Gasteiger partial charge < -0.3 is 10.1 Å². The Morgan fingerprint density at radius 3 is 2.67 bits per heavy atom. The second-order valence-electron chi connectivity index (χ2n) is 3.71. The van der Waals surface area contributed by atoms with Gasteiger partial charge in [-0.25, -0.2) is 8.78 Å². The number of nitrogens with one attached hydrogen (secondary N) is 1. The smallest absolute Gasteiger partial charge is 0.268 e. The molecule has 1 N–H and O–H groups in total. The molecule has 0 aromatic carbocycles. The molecule has 2 rings (SSSR count). The van der Waals surface area contributed by atoms with Crippen molar-refractivity contribution in [1.82, 2.24) is 5.32 Å². The second kappa shape index (κ2) is 2.64. The Morgan fingerprint density at radius 1 is 1.25 bits per heavy atom. The quantitative estimate of drug-likeness (QED) is 0.596. The van der Waals surface area contributed by atoms with Crippen molar-refractivity contribution in [3.63, 3.8) is 0 Å². The van der Waals surface area contributed by atoms with Gasteiger partial charge in [-0.1, -0.05) is 0 Å². The highest BCUT2D eigenvalue weighted by molar-refractivity contribution is 4.99. The van der Waals surface area contributed by atoms with Crippen molar-refractivity contribution in [2.75, 3.05) is 26.3 Å². The van der Waals surface area contributed by atoms with Crippen LogP contribution in [0.25, 0.3) is 0 Å². The standard InChI is InChI=1S/C8H13F2NO/c9-8(10)5-11-3-1-7(8)2-4-12-6-7/h11H,1-6H2/t7-/m0/s1. The van der Waals surface area contributed by atoms with E-state index in [0.29, 0.717) is 26.0 Å². The van der Waals surface area contributed by atoms with Crippen LogP contribution in [0.1, 0.15) is 12.8 Å². The van der Waals surface area contributed by atoms with E-state index in [9.17, 15) is 8.78 Å². The molecule has 0 bridgehead atoms. The van der Waals surface area contributed by atoms with Crippen LogP contribution in [-0.4, -0.2) is 32.2 Å². The molecule has 0 saturated carbocycles. The zero-order chi connectivity index (χ0) is 8.66. The van der Waals surface area contributed by atoms with Crippen LogP contribution in [0, 0.1) is 5.41 Å². The summed E-state index contributed by atoms with van der Waals surface area (Å²) in [6.07, 6.45) is 1.06. The fourth-order valence-electron chi connectivity index (χ4n) is 2.04. The first-order valence-electron chi connectivity index (χ1n) is 4.33. The summed E-state index contributed by atoms with van der Waals surface area (Å²) in [5.41, 5.74) is -0.849. The van der Waals surface area contributed by atoms with Gasteiger partial charge in [-0.05, 0) is 19.4 Å². The van der Waals surface area contributed by atoms with E-state index in [1.54, 1.807) is 0 Å². The predicted molar refractivity (Wildman–Crippen MR) is 40.3 cm³/mol. The van der Waals surface area contributed by atoms with Gasteiger partial charge in [0, 0.05) is 6.61 Å². The maximum absolute atomic E-state index is 13.4. The van der Waals surface area contributed by atoms with Crippen molar-refractivity contribution < 1.29 is 13.5 Å².